The van der Waals surface area contributed by atoms with Crippen molar-refractivity contribution >= 4 is 28.7 Å². The highest BCUT2D eigenvalue weighted by Crippen LogP contribution is 2.28. The van der Waals surface area contributed by atoms with Crippen LogP contribution in [-0.2, 0) is 11.3 Å². The summed E-state index contributed by atoms with van der Waals surface area (Å²) < 4.78 is 16.9. The number of piperazine rings is 1. The first-order chi connectivity index (χ1) is 17.8. The van der Waals surface area contributed by atoms with Crippen LogP contribution in [0.2, 0.25) is 0 Å². The maximum absolute atomic E-state index is 14.8. The van der Waals surface area contributed by atoms with E-state index in [-0.39, 0.29) is 23.6 Å². The van der Waals surface area contributed by atoms with Gasteiger partial charge in [-0.3, -0.25) is 9.69 Å². The molecule has 4 heterocycles. The Labute approximate surface area is 215 Å². The smallest absolute Gasteiger partial charge is 0.237 e. The lowest BCUT2D eigenvalue weighted by atomic mass is 10.1. The van der Waals surface area contributed by atoms with E-state index in [9.17, 15) is 9.18 Å². The molecule has 1 amide bonds. The van der Waals surface area contributed by atoms with E-state index in [1.807, 2.05) is 42.2 Å². The second kappa shape index (κ2) is 10.2. The summed E-state index contributed by atoms with van der Waals surface area (Å²) in [5.74, 6) is 1.32. The number of nitrogens with zero attached hydrogens (tertiary/aromatic N) is 7. The van der Waals surface area contributed by atoms with Crippen LogP contribution in [0.15, 0.2) is 42.7 Å². The van der Waals surface area contributed by atoms with Gasteiger partial charge in [-0.05, 0) is 51.1 Å². The van der Waals surface area contributed by atoms with E-state index in [0.29, 0.717) is 31.0 Å². The summed E-state index contributed by atoms with van der Waals surface area (Å²) in [7, 11) is 0. The van der Waals surface area contributed by atoms with Gasteiger partial charge in [-0.25, -0.2) is 24.3 Å². The number of hydrogen-bond acceptors (Lipinski definition) is 7. The molecule has 0 spiro atoms. The first kappa shape index (κ1) is 24.8. The molecule has 0 bridgehead atoms. The van der Waals surface area contributed by atoms with Crippen molar-refractivity contribution in [2.24, 2.45) is 0 Å². The number of carbonyl (C=O) groups is 1. The molecule has 1 N–H and O–H groups in total. The molecule has 0 saturated carbocycles. The van der Waals surface area contributed by atoms with Crippen LogP contribution < -0.4 is 5.32 Å². The largest absolute Gasteiger partial charge is 0.336 e. The minimum atomic E-state index is -0.506. The second-order valence-corrected chi connectivity index (χ2v) is 9.58. The predicted molar refractivity (Wildman–Crippen MR) is 141 cm³/mol. The molecule has 4 aromatic rings. The van der Waals surface area contributed by atoms with E-state index < -0.39 is 5.82 Å². The summed E-state index contributed by atoms with van der Waals surface area (Å²) in [6.07, 6.45) is 2.89. The third kappa shape index (κ3) is 5.15. The van der Waals surface area contributed by atoms with E-state index >= 15 is 0 Å². The van der Waals surface area contributed by atoms with Crippen molar-refractivity contribution in [1.82, 2.24) is 34.3 Å². The zero-order chi connectivity index (χ0) is 26.1. The zero-order valence-corrected chi connectivity index (χ0v) is 21.6. The van der Waals surface area contributed by atoms with Crippen molar-refractivity contribution in [2.75, 3.05) is 31.5 Å². The Kier molecular flexibility index (Phi) is 6.84. The molecule has 9 nitrogen and oxygen atoms in total. The number of pyridine rings is 1. The highest BCUT2D eigenvalue weighted by molar-refractivity contribution is 5.82. The van der Waals surface area contributed by atoms with Crippen LogP contribution in [0.5, 0.6) is 0 Å². The Bertz CT molecular complexity index is 1430. The molecule has 0 aliphatic carbocycles. The Morgan fingerprint density at radius 2 is 1.92 bits per heavy atom. The molecule has 1 fully saturated rings. The van der Waals surface area contributed by atoms with Gasteiger partial charge in [0.2, 0.25) is 11.9 Å². The van der Waals surface area contributed by atoms with Gasteiger partial charge in [0.15, 0.2) is 5.82 Å². The summed E-state index contributed by atoms with van der Waals surface area (Å²) in [5, 5.41) is 3.06. The van der Waals surface area contributed by atoms with Crippen LogP contribution in [0.3, 0.4) is 0 Å². The van der Waals surface area contributed by atoms with Gasteiger partial charge in [-0.2, -0.15) is 0 Å². The lowest BCUT2D eigenvalue weighted by molar-refractivity contribution is -0.136. The number of amides is 1. The van der Waals surface area contributed by atoms with Gasteiger partial charge in [0.05, 0.1) is 23.8 Å². The highest BCUT2D eigenvalue weighted by Gasteiger charge is 2.23. The molecule has 1 saturated heterocycles. The number of carbonyl (C=O) groups excluding carboxylic acids is 1. The van der Waals surface area contributed by atoms with Crippen molar-refractivity contribution in [1.29, 1.82) is 0 Å². The second-order valence-electron chi connectivity index (χ2n) is 9.58. The minimum absolute atomic E-state index is 0.132. The molecule has 3 aromatic heterocycles. The molecule has 0 atom stereocenters. The summed E-state index contributed by atoms with van der Waals surface area (Å²) in [4.78, 5) is 34.0. The normalized spacial score (nSPS) is 14.6. The number of benzene rings is 1. The molecule has 10 heteroatoms. The first-order valence-corrected chi connectivity index (χ1v) is 12.6. The average Bonchev–Trinajstić information content (AvgIpc) is 3.22. The summed E-state index contributed by atoms with van der Waals surface area (Å²) in [6.45, 7) is 11.7. The van der Waals surface area contributed by atoms with E-state index in [1.54, 1.807) is 6.20 Å². The molecule has 37 heavy (non-hydrogen) atoms. The number of nitrogens with one attached hydrogen (secondary N) is 1. The zero-order valence-electron chi connectivity index (χ0n) is 21.6. The van der Waals surface area contributed by atoms with Gasteiger partial charge in [-0.1, -0.05) is 19.1 Å². The van der Waals surface area contributed by atoms with Crippen molar-refractivity contribution in [3.8, 4) is 11.3 Å². The van der Waals surface area contributed by atoms with Gasteiger partial charge in [0, 0.05) is 37.4 Å². The summed E-state index contributed by atoms with van der Waals surface area (Å²) in [5.41, 5.74) is 3.59. The molecule has 1 aliphatic rings. The number of aryl methyl sites for hydroxylation is 1. The summed E-state index contributed by atoms with van der Waals surface area (Å²) in [6, 6.07) is 9.58. The van der Waals surface area contributed by atoms with Crippen LogP contribution >= 0.6 is 0 Å². The lowest BCUT2D eigenvalue weighted by Crippen LogP contribution is -2.49. The lowest BCUT2D eigenvalue weighted by Gasteiger charge is -2.33. The van der Waals surface area contributed by atoms with Crippen molar-refractivity contribution in [3.63, 3.8) is 0 Å². The quantitative estimate of drug-likeness (QED) is 0.402. The number of rotatable bonds is 7. The van der Waals surface area contributed by atoms with Gasteiger partial charge in [0.1, 0.15) is 17.3 Å². The number of aromatic nitrogens is 5. The molecule has 0 unspecified atom stereocenters. The monoisotopic (exact) mass is 502 g/mol. The van der Waals surface area contributed by atoms with E-state index in [1.165, 1.54) is 0 Å². The fourth-order valence-electron chi connectivity index (χ4n) is 4.76. The number of imidazole rings is 1. The third-order valence-electron chi connectivity index (χ3n) is 6.68. The maximum Gasteiger partial charge on any atom is 0.237 e. The van der Waals surface area contributed by atoms with Gasteiger partial charge in [0.25, 0.3) is 0 Å². The maximum atomic E-state index is 14.8. The summed E-state index contributed by atoms with van der Waals surface area (Å²) >= 11 is 0. The number of hydrogen-bond donors (Lipinski definition) is 1. The molecule has 0 radical (unpaired) electrons. The third-order valence-corrected chi connectivity index (χ3v) is 6.68. The first-order valence-electron chi connectivity index (χ1n) is 12.6. The average molecular weight is 503 g/mol. The van der Waals surface area contributed by atoms with Crippen molar-refractivity contribution in [2.45, 2.75) is 40.3 Å². The molecule has 1 aromatic carbocycles. The van der Waals surface area contributed by atoms with Crippen LogP contribution in [-0.4, -0.2) is 66.4 Å². The van der Waals surface area contributed by atoms with E-state index in [0.717, 1.165) is 41.7 Å². The van der Waals surface area contributed by atoms with Crippen LogP contribution in [0.1, 0.15) is 38.2 Å². The fourth-order valence-corrected chi connectivity index (χ4v) is 4.76. The van der Waals surface area contributed by atoms with Crippen LogP contribution in [0.25, 0.3) is 22.3 Å². The Hall–Kier alpha value is -3.92. The molecular formula is C27H31FN8O. The van der Waals surface area contributed by atoms with Gasteiger partial charge in [-0.15, -0.1) is 0 Å². The minimum Gasteiger partial charge on any atom is -0.336 e. The Balaban J connectivity index is 1.33. The van der Waals surface area contributed by atoms with Gasteiger partial charge < -0.3 is 14.8 Å². The molecule has 192 valence electrons. The van der Waals surface area contributed by atoms with Crippen LogP contribution in [0.4, 0.5) is 16.2 Å². The van der Waals surface area contributed by atoms with Crippen molar-refractivity contribution in [3.05, 3.63) is 59.9 Å². The van der Waals surface area contributed by atoms with Crippen molar-refractivity contribution < 1.29 is 9.18 Å². The topological polar surface area (TPSA) is 92.1 Å². The Morgan fingerprint density at radius 3 is 2.62 bits per heavy atom. The van der Waals surface area contributed by atoms with E-state index in [2.05, 4.69) is 55.5 Å². The molecule has 1 aliphatic heterocycles. The standard InChI is InChI=1S/C27H31FN8O/c1-5-34-10-11-35(25(37)16-34)15-19-6-9-24(29-13-19)32-27-30-14-21(28)26(33-27)20-7-8-22-23(12-20)36(17(2)3)18(4)31-22/h6-9,12-14,17H,5,10-11,15-16H2,1-4H3,(H,29,30,32,33). The number of fused-ring (bicyclic) bond motifs is 1. The SMILES string of the molecule is CCN1CCN(Cc2ccc(Nc3ncc(F)c(-c4ccc5nc(C)n(C(C)C)c5c4)n3)nc2)C(=O)C1. The number of anilines is 2. The van der Waals surface area contributed by atoms with Gasteiger partial charge >= 0.3 is 0 Å². The predicted octanol–water partition coefficient (Wildman–Crippen LogP) is 4.32. The van der Waals surface area contributed by atoms with Crippen LogP contribution in [0, 0.1) is 12.7 Å². The highest BCUT2D eigenvalue weighted by atomic mass is 19.1. The molecule has 5 rings (SSSR count). The fraction of sp³-hybridized carbons (Fsp3) is 0.370. The number of likely N-dealkylation sites (N-methyl/N-ethyl adjacent to an activating group) is 1. The number of halogens is 1. The molecular weight excluding hydrogens is 471 g/mol. The Morgan fingerprint density at radius 1 is 1.08 bits per heavy atom. The van der Waals surface area contributed by atoms with E-state index in [4.69, 9.17) is 0 Å².